The molecule has 2 atom stereocenters. The maximum atomic E-state index is 4.24. The van der Waals surface area contributed by atoms with E-state index in [2.05, 4.69) is 13.3 Å². The van der Waals surface area contributed by atoms with E-state index in [-0.39, 0.29) is 26.2 Å². The van der Waals surface area contributed by atoms with Crippen molar-refractivity contribution in [2.75, 3.05) is 0 Å². The number of hydrogen-bond donors (Lipinski definition) is 0. The molecule has 110 valence electrons. The standard InChI is InChI=1S/C10H16.2C5H5.Zr/c1-9-5-4-8-10(9)6-2-3-7-10;2*1-2-4-5-3-1;/h6,9H,1-5,7-8H2;2*1-5H;/q-2;;;+2. The van der Waals surface area contributed by atoms with Crippen LogP contribution in [0, 0.1) is 88.9 Å². The minimum Gasteiger partial charge on any atom is -0.342 e. The summed E-state index contributed by atoms with van der Waals surface area (Å²) in [6.45, 7) is 4.24. The van der Waals surface area contributed by atoms with E-state index < -0.39 is 0 Å². The van der Waals surface area contributed by atoms with Gasteiger partial charge in [0.05, 0.1) is 0 Å². The smallest absolute Gasteiger partial charge is 0.342 e. The molecule has 1 spiro atoms. The minimum atomic E-state index is 0. The summed E-state index contributed by atoms with van der Waals surface area (Å²) in [5.41, 5.74) is 0.611. The van der Waals surface area contributed by atoms with E-state index in [1.165, 1.54) is 38.5 Å². The van der Waals surface area contributed by atoms with Crippen molar-refractivity contribution < 1.29 is 26.2 Å². The quantitative estimate of drug-likeness (QED) is 0.533. The molecule has 4 aliphatic carbocycles. The second-order valence-corrected chi connectivity index (χ2v) is 5.84. The molecule has 2 unspecified atom stereocenters. The van der Waals surface area contributed by atoms with Crippen molar-refractivity contribution in [2.24, 2.45) is 11.3 Å². The SMILES string of the molecule is [CH2-]C1CCCC12[CH-]CCC2.[CH]1[CH][CH][CH][CH]1.[CH]1[CH][CH][CH][CH]1.[Zr+2]. The summed E-state index contributed by atoms with van der Waals surface area (Å²) in [5.74, 6) is 0.745. The molecule has 0 N–H and O–H groups in total. The van der Waals surface area contributed by atoms with Crippen LogP contribution in [0.4, 0.5) is 0 Å². The van der Waals surface area contributed by atoms with Gasteiger partial charge in [0, 0.05) is 0 Å². The van der Waals surface area contributed by atoms with Gasteiger partial charge in [-0.2, -0.15) is 17.8 Å². The summed E-state index contributed by atoms with van der Waals surface area (Å²) in [6.07, 6.45) is 31.0. The van der Waals surface area contributed by atoms with Crippen LogP contribution in [0.25, 0.3) is 0 Å². The Morgan fingerprint density at radius 1 is 0.762 bits per heavy atom. The molecule has 0 amide bonds. The topological polar surface area (TPSA) is 0 Å². The molecule has 4 aliphatic rings. The molecule has 0 saturated heterocycles. The number of rotatable bonds is 0. The molecule has 0 bridgehead atoms. The van der Waals surface area contributed by atoms with E-state index in [4.69, 9.17) is 0 Å². The normalized spacial score (nSPS) is 33.9. The van der Waals surface area contributed by atoms with Crippen LogP contribution < -0.4 is 0 Å². The summed E-state index contributed by atoms with van der Waals surface area (Å²) in [7, 11) is 0. The van der Waals surface area contributed by atoms with Gasteiger partial charge in [0.15, 0.2) is 0 Å². The fourth-order valence-electron chi connectivity index (χ4n) is 3.33. The maximum Gasteiger partial charge on any atom is 2.00 e. The third-order valence-electron chi connectivity index (χ3n) is 4.52. The molecule has 4 fully saturated rings. The summed E-state index contributed by atoms with van der Waals surface area (Å²) >= 11 is 0. The zero-order chi connectivity index (χ0) is 14.1. The molecule has 0 aliphatic heterocycles. The van der Waals surface area contributed by atoms with Gasteiger partial charge in [-0.3, -0.25) is 0 Å². The van der Waals surface area contributed by atoms with E-state index >= 15 is 0 Å². The largest absolute Gasteiger partial charge is 2.00 e. The van der Waals surface area contributed by atoms with Gasteiger partial charge in [0.2, 0.25) is 0 Å². The Bertz CT molecular complexity index is 203. The van der Waals surface area contributed by atoms with Crippen molar-refractivity contribution in [1.29, 1.82) is 0 Å². The molecule has 0 aromatic carbocycles. The fraction of sp³-hybridized carbons (Fsp3) is 0.400. The Morgan fingerprint density at radius 2 is 1.19 bits per heavy atom. The van der Waals surface area contributed by atoms with Gasteiger partial charge in [-0.25, -0.2) is 0 Å². The first kappa shape index (κ1) is 19.9. The predicted octanol–water partition coefficient (Wildman–Crippen LogP) is 5.04. The molecule has 0 aromatic rings. The van der Waals surface area contributed by atoms with Gasteiger partial charge < -0.3 is 13.3 Å². The third-order valence-corrected chi connectivity index (χ3v) is 4.52. The van der Waals surface area contributed by atoms with E-state index in [1.54, 1.807) is 0 Å². The van der Waals surface area contributed by atoms with Crippen LogP contribution in [0.2, 0.25) is 0 Å². The van der Waals surface area contributed by atoms with Gasteiger partial charge in [0.1, 0.15) is 0 Å². The van der Waals surface area contributed by atoms with Crippen LogP contribution in [-0.2, 0) is 26.2 Å². The van der Waals surface area contributed by atoms with Crippen LogP contribution in [0.1, 0.15) is 38.5 Å². The van der Waals surface area contributed by atoms with Gasteiger partial charge >= 0.3 is 26.2 Å². The predicted molar refractivity (Wildman–Crippen MR) is 86.3 cm³/mol. The first-order valence-corrected chi connectivity index (χ1v) is 7.84. The molecular formula is C20H26Zr. The first-order chi connectivity index (χ1) is 9.83. The molecule has 4 rings (SSSR count). The molecule has 0 heterocycles. The van der Waals surface area contributed by atoms with Crippen molar-refractivity contribution in [3.8, 4) is 0 Å². The van der Waals surface area contributed by atoms with Gasteiger partial charge in [-0.15, -0.1) is 0 Å². The Kier molecular flexibility index (Phi) is 10.8. The molecule has 10 radical (unpaired) electrons. The van der Waals surface area contributed by atoms with Crippen molar-refractivity contribution in [3.63, 3.8) is 0 Å². The molecular weight excluding hydrogens is 331 g/mol. The van der Waals surface area contributed by atoms with Crippen LogP contribution in [-0.4, -0.2) is 0 Å². The number of hydrogen-bond acceptors (Lipinski definition) is 0. The molecule has 0 aromatic heterocycles. The van der Waals surface area contributed by atoms with Crippen LogP contribution >= 0.6 is 0 Å². The van der Waals surface area contributed by atoms with Crippen LogP contribution in [0.3, 0.4) is 0 Å². The summed E-state index contributed by atoms with van der Waals surface area (Å²) < 4.78 is 0. The van der Waals surface area contributed by atoms with Crippen molar-refractivity contribution in [1.82, 2.24) is 0 Å². The average molecular weight is 358 g/mol. The zero-order valence-electron chi connectivity index (χ0n) is 12.9. The average Bonchev–Trinajstić information content (AvgIpc) is 3.23. The summed E-state index contributed by atoms with van der Waals surface area (Å²) in [5, 5.41) is 0. The maximum absolute atomic E-state index is 4.24. The van der Waals surface area contributed by atoms with Crippen molar-refractivity contribution >= 4 is 0 Å². The first-order valence-electron chi connectivity index (χ1n) is 7.84. The van der Waals surface area contributed by atoms with Gasteiger partial charge in [-0.05, 0) is 64.2 Å². The molecule has 4 saturated carbocycles. The van der Waals surface area contributed by atoms with Crippen molar-refractivity contribution in [2.45, 2.75) is 38.5 Å². The van der Waals surface area contributed by atoms with E-state index in [9.17, 15) is 0 Å². The molecule has 21 heavy (non-hydrogen) atoms. The van der Waals surface area contributed by atoms with E-state index in [0.717, 1.165) is 5.92 Å². The Balaban J connectivity index is 0.000000171. The second kappa shape index (κ2) is 11.4. The van der Waals surface area contributed by atoms with Gasteiger partial charge in [0.25, 0.3) is 0 Å². The monoisotopic (exact) mass is 356 g/mol. The second-order valence-electron chi connectivity index (χ2n) is 5.84. The Morgan fingerprint density at radius 3 is 1.48 bits per heavy atom. The fourth-order valence-corrected chi connectivity index (χ4v) is 3.33. The van der Waals surface area contributed by atoms with Crippen LogP contribution in [0.5, 0.6) is 0 Å². The Labute approximate surface area is 153 Å². The van der Waals surface area contributed by atoms with E-state index in [0.29, 0.717) is 5.41 Å². The third kappa shape index (κ3) is 6.89. The summed E-state index contributed by atoms with van der Waals surface area (Å²) in [6, 6.07) is 0. The van der Waals surface area contributed by atoms with Crippen molar-refractivity contribution in [3.05, 3.63) is 77.6 Å². The van der Waals surface area contributed by atoms with Gasteiger partial charge in [-0.1, -0.05) is 32.1 Å². The summed E-state index contributed by atoms with van der Waals surface area (Å²) in [4.78, 5) is 0. The Hall–Kier alpha value is 0.883. The van der Waals surface area contributed by atoms with E-state index in [1.807, 2.05) is 64.2 Å². The minimum absolute atomic E-state index is 0. The molecule has 1 heteroatoms. The molecule has 0 nitrogen and oxygen atoms in total. The zero-order valence-corrected chi connectivity index (χ0v) is 15.3. The van der Waals surface area contributed by atoms with Crippen LogP contribution in [0.15, 0.2) is 0 Å².